The molecule has 38 valence electrons. The van der Waals surface area contributed by atoms with Crippen LogP contribution in [-0.4, -0.2) is 16.8 Å². The van der Waals surface area contributed by atoms with E-state index in [0.29, 0.717) is 0 Å². The summed E-state index contributed by atoms with van der Waals surface area (Å²) in [6.07, 6.45) is 0. The number of aliphatic hydroxyl groups is 1. The number of thioether (sulfide) groups is 1. The molecule has 4 heteroatoms. The number of rotatable bonds is 2. The number of alkyl halides is 2. The smallest absolute Gasteiger partial charge is 0.286 e. The van der Waals surface area contributed by atoms with Crippen LogP contribution in [0.15, 0.2) is 0 Å². The molecule has 0 radical (unpaired) electrons. The molecular weight excluding hydrogens is 110 g/mol. The fourth-order valence-electron chi connectivity index (χ4n) is 0.0563. The Balaban J connectivity index is 2.63. The molecule has 0 rings (SSSR count). The molecule has 0 unspecified atom stereocenters. The lowest BCUT2D eigenvalue weighted by molar-refractivity contribution is 0.247. The fourth-order valence-corrected chi connectivity index (χ4v) is 0.169. The van der Waals surface area contributed by atoms with E-state index in [9.17, 15) is 8.78 Å². The van der Waals surface area contributed by atoms with Crippen LogP contribution in [0.2, 0.25) is 0 Å². The van der Waals surface area contributed by atoms with Gasteiger partial charge in [-0.3, -0.25) is 0 Å². The highest BCUT2D eigenvalue weighted by atomic mass is 32.2. The van der Waals surface area contributed by atoms with Crippen LogP contribution >= 0.6 is 11.8 Å². The normalized spacial score (nSPS) is 10.0. The molecule has 0 heterocycles. The van der Waals surface area contributed by atoms with E-state index in [1.165, 1.54) is 0 Å². The van der Waals surface area contributed by atoms with Crippen molar-refractivity contribution in [3.8, 4) is 0 Å². The summed E-state index contributed by atoms with van der Waals surface area (Å²) < 4.78 is 21.7. The minimum absolute atomic E-state index is 0.208. The SMILES string of the molecule is OCSC(F)F. The Bertz CT molecular complexity index is 32.7. The van der Waals surface area contributed by atoms with Crippen molar-refractivity contribution in [2.75, 3.05) is 5.94 Å². The molecule has 0 aliphatic carbocycles. The second-order valence-corrected chi connectivity index (χ2v) is 1.50. The highest BCUT2D eigenvalue weighted by molar-refractivity contribution is 7.99. The third-order valence-corrected chi connectivity index (χ3v) is 0.602. The molecule has 1 N–H and O–H groups in total. The summed E-state index contributed by atoms with van der Waals surface area (Å²) in [5, 5.41) is 7.72. The topological polar surface area (TPSA) is 20.2 Å². The molecule has 6 heavy (non-hydrogen) atoms. The zero-order valence-electron chi connectivity index (χ0n) is 2.90. The molecule has 0 aromatic carbocycles. The zero-order chi connectivity index (χ0) is 4.99. The van der Waals surface area contributed by atoms with Crippen molar-refractivity contribution in [2.45, 2.75) is 5.76 Å². The van der Waals surface area contributed by atoms with Gasteiger partial charge in [0.05, 0.1) is 5.94 Å². The number of aliphatic hydroxyl groups excluding tert-OH is 1. The lowest BCUT2D eigenvalue weighted by Gasteiger charge is -1.87. The third kappa shape index (κ3) is 4.17. The van der Waals surface area contributed by atoms with Gasteiger partial charge in [-0.25, -0.2) is 0 Å². The van der Waals surface area contributed by atoms with Gasteiger partial charge in [-0.2, -0.15) is 8.78 Å². The van der Waals surface area contributed by atoms with E-state index in [4.69, 9.17) is 5.11 Å². The maximum atomic E-state index is 10.8. The predicted molar refractivity (Wildman–Crippen MR) is 20.7 cm³/mol. The quantitative estimate of drug-likeness (QED) is 0.538. The lowest BCUT2D eigenvalue weighted by Crippen LogP contribution is -1.81. The summed E-state index contributed by atoms with van der Waals surface area (Å²) in [4.78, 5) is 0. The van der Waals surface area contributed by atoms with Crippen molar-refractivity contribution in [2.24, 2.45) is 0 Å². The van der Waals surface area contributed by atoms with Crippen molar-refractivity contribution < 1.29 is 13.9 Å². The fraction of sp³-hybridized carbons (Fsp3) is 1.00. The van der Waals surface area contributed by atoms with Crippen LogP contribution in [0.25, 0.3) is 0 Å². The van der Waals surface area contributed by atoms with Gasteiger partial charge in [-0.1, -0.05) is 11.8 Å². The standard InChI is InChI=1S/C2H4F2OS/c3-2(4)6-1-5/h2,5H,1H2. The van der Waals surface area contributed by atoms with Crippen LogP contribution in [0, 0.1) is 0 Å². The Morgan fingerprint density at radius 2 is 2.17 bits per heavy atom. The minimum Gasteiger partial charge on any atom is -0.386 e. The molecule has 0 saturated heterocycles. The summed E-state index contributed by atoms with van der Waals surface area (Å²) in [5.74, 6) is -2.94. The highest BCUT2D eigenvalue weighted by Crippen LogP contribution is 2.09. The molecule has 0 aliphatic rings. The summed E-state index contributed by atoms with van der Waals surface area (Å²) >= 11 is 0.208. The predicted octanol–water partition coefficient (Wildman–Crippen LogP) is 0.892. The molecular formula is C2H4F2OS. The lowest BCUT2D eigenvalue weighted by atomic mass is 11.7. The minimum atomic E-state index is -2.44. The maximum Gasteiger partial charge on any atom is 0.286 e. The molecule has 0 aliphatic heterocycles. The van der Waals surface area contributed by atoms with Crippen molar-refractivity contribution >= 4 is 11.8 Å². The average molecular weight is 114 g/mol. The molecule has 0 aromatic heterocycles. The molecule has 1 nitrogen and oxygen atoms in total. The van der Waals surface area contributed by atoms with Gasteiger partial charge in [-0.15, -0.1) is 0 Å². The Morgan fingerprint density at radius 3 is 2.17 bits per heavy atom. The van der Waals surface area contributed by atoms with E-state index in [2.05, 4.69) is 0 Å². The Morgan fingerprint density at radius 1 is 1.67 bits per heavy atom. The largest absolute Gasteiger partial charge is 0.386 e. The summed E-state index contributed by atoms with van der Waals surface area (Å²) in [7, 11) is 0. The number of hydrogen-bond donors (Lipinski definition) is 1. The monoisotopic (exact) mass is 114 g/mol. The van der Waals surface area contributed by atoms with Gasteiger partial charge in [0.1, 0.15) is 0 Å². The van der Waals surface area contributed by atoms with Gasteiger partial charge >= 0.3 is 0 Å². The van der Waals surface area contributed by atoms with Gasteiger partial charge in [0, 0.05) is 0 Å². The van der Waals surface area contributed by atoms with Crippen molar-refractivity contribution in [1.82, 2.24) is 0 Å². The van der Waals surface area contributed by atoms with E-state index in [0.717, 1.165) is 0 Å². The second kappa shape index (κ2) is 3.36. The highest BCUT2D eigenvalue weighted by Gasteiger charge is 1.96. The Labute approximate surface area is 38.4 Å². The molecule has 0 atom stereocenters. The first-order valence-electron chi connectivity index (χ1n) is 1.28. The van der Waals surface area contributed by atoms with Crippen LogP contribution in [0.3, 0.4) is 0 Å². The van der Waals surface area contributed by atoms with Crippen LogP contribution in [0.5, 0.6) is 0 Å². The van der Waals surface area contributed by atoms with Gasteiger partial charge in [0.2, 0.25) is 0 Å². The maximum absolute atomic E-state index is 10.8. The van der Waals surface area contributed by atoms with E-state index >= 15 is 0 Å². The van der Waals surface area contributed by atoms with E-state index < -0.39 is 11.7 Å². The van der Waals surface area contributed by atoms with Crippen LogP contribution in [0.4, 0.5) is 8.78 Å². The van der Waals surface area contributed by atoms with Crippen LogP contribution < -0.4 is 0 Å². The molecule has 0 amide bonds. The second-order valence-electron chi connectivity index (χ2n) is 0.556. The average Bonchev–Trinajstić information content (AvgIpc) is 1.35. The van der Waals surface area contributed by atoms with Crippen molar-refractivity contribution in [3.05, 3.63) is 0 Å². The first kappa shape index (κ1) is 6.17. The van der Waals surface area contributed by atoms with E-state index in [1.807, 2.05) is 0 Å². The first-order valence-corrected chi connectivity index (χ1v) is 2.33. The number of halogens is 2. The van der Waals surface area contributed by atoms with Gasteiger partial charge < -0.3 is 5.11 Å². The van der Waals surface area contributed by atoms with E-state index in [-0.39, 0.29) is 11.8 Å². The summed E-state index contributed by atoms with van der Waals surface area (Å²) in [5.41, 5.74) is 0. The third-order valence-electron chi connectivity index (χ3n) is 0.201. The van der Waals surface area contributed by atoms with Gasteiger partial charge in [-0.05, 0) is 0 Å². The van der Waals surface area contributed by atoms with Gasteiger partial charge in [0.15, 0.2) is 0 Å². The molecule has 0 saturated carbocycles. The van der Waals surface area contributed by atoms with Crippen LogP contribution in [-0.2, 0) is 0 Å². The summed E-state index contributed by atoms with van der Waals surface area (Å²) in [6.45, 7) is 0. The molecule has 0 aromatic rings. The zero-order valence-corrected chi connectivity index (χ0v) is 3.71. The van der Waals surface area contributed by atoms with E-state index in [1.54, 1.807) is 0 Å². The van der Waals surface area contributed by atoms with Gasteiger partial charge in [0.25, 0.3) is 5.76 Å². The molecule has 0 bridgehead atoms. The Kier molecular flexibility index (Phi) is 3.46. The Hall–Kier alpha value is 0.170. The van der Waals surface area contributed by atoms with Crippen LogP contribution in [0.1, 0.15) is 0 Å². The molecule has 0 fully saturated rings. The van der Waals surface area contributed by atoms with Crippen molar-refractivity contribution in [1.29, 1.82) is 0 Å². The number of hydrogen-bond acceptors (Lipinski definition) is 2. The molecule has 0 spiro atoms. The van der Waals surface area contributed by atoms with Crippen molar-refractivity contribution in [3.63, 3.8) is 0 Å². The summed E-state index contributed by atoms with van der Waals surface area (Å²) in [6, 6.07) is 0. The first-order chi connectivity index (χ1) is 2.77.